The van der Waals surface area contributed by atoms with Crippen LogP contribution in [0.2, 0.25) is 0 Å². The Balaban J connectivity index is 5.23. The first kappa shape index (κ1) is 87.1. The summed E-state index contributed by atoms with van der Waals surface area (Å²) in [6, 6.07) is 0. The van der Waals surface area contributed by atoms with E-state index in [1.54, 1.807) is 0 Å². The van der Waals surface area contributed by atoms with Gasteiger partial charge in [0.15, 0.2) is 12.2 Å². The Bertz CT molecular complexity index is 1730. The van der Waals surface area contributed by atoms with Crippen molar-refractivity contribution in [2.45, 2.75) is 374 Å². The summed E-state index contributed by atoms with van der Waals surface area (Å²) in [6.07, 6.45) is 47.1. The average molecular weight is 1310 g/mol. The highest BCUT2D eigenvalue weighted by molar-refractivity contribution is 7.47. The minimum absolute atomic E-state index is 0.107. The zero-order valence-electron chi connectivity index (χ0n) is 57.7. The topological polar surface area (TPSA) is 237 Å². The summed E-state index contributed by atoms with van der Waals surface area (Å²) in [6.45, 7) is 9.54. The van der Waals surface area contributed by atoms with E-state index in [2.05, 4.69) is 41.5 Å². The number of carbonyl (C=O) groups excluding carboxylic acids is 4. The summed E-state index contributed by atoms with van der Waals surface area (Å²) in [5.74, 6) is -0.580. The Labute approximate surface area is 543 Å². The van der Waals surface area contributed by atoms with Gasteiger partial charge in [-0.2, -0.15) is 0 Å². The molecule has 0 spiro atoms. The molecular weight excluding hydrogens is 1170 g/mol. The third-order valence-electron chi connectivity index (χ3n) is 16.2. The molecule has 0 heterocycles. The quantitative estimate of drug-likeness (QED) is 0.0222. The standard InChI is InChI=1S/C70H136O17P2/c1-7-9-11-13-15-17-18-23-30-36-42-48-54-69(74)86-65(58-80-67(72)52-46-40-34-16-14-12-10-8-2)60-84-88(76,77)82-56-64(71)57-83-89(78,79)85-61-66(59-81-68(73)53-47-41-35-29-26-25-28-33-39-45-51-63(5)6)87-70(75)55-49-43-37-31-24-21-19-20-22-27-32-38-44-50-62(3)4/h62-66,71H,7-61H2,1-6H3,(H,76,77)(H,78,79)/t64-,65+,66+/m0/s1. The SMILES string of the molecule is CCCCCCCCCCCCCCC(=O)O[C@H](COC(=O)CCCCCCCCCC)COP(=O)(O)OC[C@H](O)COP(=O)(O)OC[C@@H](COC(=O)CCCCCCCCCCCCC(C)C)OC(=O)CCCCCCCCCCCCCCCC(C)C. The van der Waals surface area contributed by atoms with Gasteiger partial charge in [0.2, 0.25) is 0 Å². The number of unbranched alkanes of at least 4 members (excludes halogenated alkanes) is 39. The summed E-state index contributed by atoms with van der Waals surface area (Å²) in [5, 5.41) is 10.6. The van der Waals surface area contributed by atoms with Gasteiger partial charge in [-0.1, -0.05) is 305 Å². The van der Waals surface area contributed by atoms with E-state index in [0.29, 0.717) is 25.7 Å². The highest BCUT2D eigenvalue weighted by atomic mass is 31.2. The molecule has 0 aromatic rings. The number of hydrogen-bond acceptors (Lipinski definition) is 15. The van der Waals surface area contributed by atoms with E-state index >= 15 is 0 Å². The number of aliphatic hydroxyl groups is 1. The first-order valence-corrected chi connectivity index (χ1v) is 39.5. The van der Waals surface area contributed by atoms with Gasteiger partial charge in [0.1, 0.15) is 19.3 Å². The van der Waals surface area contributed by atoms with Crippen LogP contribution in [0.15, 0.2) is 0 Å². The molecular formula is C70H136O17P2. The van der Waals surface area contributed by atoms with Crippen LogP contribution in [0.25, 0.3) is 0 Å². The third-order valence-corrected chi connectivity index (χ3v) is 18.1. The lowest BCUT2D eigenvalue weighted by molar-refractivity contribution is -0.161. The normalized spacial score (nSPS) is 14.1. The van der Waals surface area contributed by atoms with E-state index in [0.717, 1.165) is 108 Å². The number of rotatable bonds is 69. The summed E-state index contributed by atoms with van der Waals surface area (Å²) in [4.78, 5) is 72.5. The van der Waals surface area contributed by atoms with Crippen molar-refractivity contribution in [3.63, 3.8) is 0 Å². The number of hydrogen-bond donors (Lipinski definition) is 3. The molecule has 0 aromatic carbocycles. The van der Waals surface area contributed by atoms with Crippen molar-refractivity contribution in [3.05, 3.63) is 0 Å². The molecule has 17 nitrogen and oxygen atoms in total. The molecule has 0 aromatic heterocycles. The minimum Gasteiger partial charge on any atom is -0.462 e. The van der Waals surface area contributed by atoms with Crippen LogP contribution in [0.1, 0.15) is 356 Å². The number of phosphoric acid groups is 2. The van der Waals surface area contributed by atoms with Crippen LogP contribution < -0.4 is 0 Å². The Hall–Kier alpha value is -1.94. The first-order chi connectivity index (χ1) is 42.9. The van der Waals surface area contributed by atoms with E-state index in [9.17, 15) is 43.2 Å². The van der Waals surface area contributed by atoms with Crippen molar-refractivity contribution in [1.82, 2.24) is 0 Å². The number of phosphoric ester groups is 2. The fourth-order valence-corrected chi connectivity index (χ4v) is 12.2. The fraction of sp³-hybridized carbons (Fsp3) is 0.943. The second kappa shape index (κ2) is 62.2. The van der Waals surface area contributed by atoms with Crippen LogP contribution in [-0.2, 0) is 65.4 Å². The van der Waals surface area contributed by atoms with Crippen LogP contribution in [0.5, 0.6) is 0 Å². The number of ether oxygens (including phenoxy) is 4. The zero-order valence-corrected chi connectivity index (χ0v) is 59.5. The smallest absolute Gasteiger partial charge is 0.462 e. The first-order valence-electron chi connectivity index (χ1n) is 36.5. The molecule has 0 aliphatic heterocycles. The van der Waals surface area contributed by atoms with Crippen LogP contribution in [0.3, 0.4) is 0 Å². The molecule has 0 bridgehead atoms. The van der Waals surface area contributed by atoms with Gasteiger partial charge in [0.25, 0.3) is 0 Å². The van der Waals surface area contributed by atoms with Crippen molar-refractivity contribution in [2.75, 3.05) is 39.6 Å². The lowest BCUT2D eigenvalue weighted by Crippen LogP contribution is -2.30. The molecule has 3 N–H and O–H groups in total. The molecule has 0 rings (SSSR count). The summed E-state index contributed by atoms with van der Waals surface area (Å²) >= 11 is 0. The van der Waals surface area contributed by atoms with Crippen LogP contribution in [-0.4, -0.2) is 96.7 Å². The van der Waals surface area contributed by atoms with Gasteiger partial charge < -0.3 is 33.8 Å². The molecule has 0 aliphatic carbocycles. The number of aliphatic hydroxyl groups excluding tert-OH is 1. The number of esters is 4. The van der Waals surface area contributed by atoms with Crippen molar-refractivity contribution in [2.24, 2.45) is 11.8 Å². The molecule has 0 amide bonds. The van der Waals surface area contributed by atoms with Gasteiger partial charge in [0, 0.05) is 25.7 Å². The Morgan fingerprint density at radius 1 is 0.303 bits per heavy atom. The van der Waals surface area contributed by atoms with Crippen LogP contribution in [0.4, 0.5) is 0 Å². The fourth-order valence-electron chi connectivity index (χ4n) is 10.6. The van der Waals surface area contributed by atoms with E-state index in [1.165, 1.54) is 167 Å². The molecule has 0 saturated heterocycles. The number of carbonyl (C=O) groups is 4. The van der Waals surface area contributed by atoms with Gasteiger partial charge in [-0.15, -0.1) is 0 Å². The van der Waals surface area contributed by atoms with Crippen molar-refractivity contribution < 1.29 is 80.2 Å². The van der Waals surface area contributed by atoms with Crippen molar-refractivity contribution in [1.29, 1.82) is 0 Å². The maximum Gasteiger partial charge on any atom is 0.472 e. The van der Waals surface area contributed by atoms with Gasteiger partial charge in [0.05, 0.1) is 26.4 Å². The molecule has 5 atom stereocenters. The monoisotopic (exact) mass is 1310 g/mol. The van der Waals surface area contributed by atoms with E-state index in [4.69, 9.17) is 37.0 Å². The average Bonchev–Trinajstić information content (AvgIpc) is 3.71. The summed E-state index contributed by atoms with van der Waals surface area (Å²) in [5.41, 5.74) is 0. The predicted octanol–water partition coefficient (Wildman–Crippen LogP) is 20.0. The largest absolute Gasteiger partial charge is 0.472 e. The van der Waals surface area contributed by atoms with E-state index in [-0.39, 0.29) is 25.7 Å². The van der Waals surface area contributed by atoms with Gasteiger partial charge >= 0.3 is 39.5 Å². The van der Waals surface area contributed by atoms with E-state index in [1.807, 2.05) is 0 Å². The maximum absolute atomic E-state index is 13.0. The molecule has 0 radical (unpaired) electrons. The van der Waals surface area contributed by atoms with Gasteiger partial charge in [-0.3, -0.25) is 37.3 Å². The lowest BCUT2D eigenvalue weighted by Gasteiger charge is -2.21. The molecule has 0 aliphatic rings. The Morgan fingerprint density at radius 2 is 0.517 bits per heavy atom. The summed E-state index contributed by atoms with van der Waals surface area (Å²) < 4.78 is 68.2. The van der Waals surface area contributed by atoms with Gasteiger partial charge in [-0.05, 0) is 37.5 Å². The van der Waals surface area contributed by atoms with Crippen molar-refractivity contribution in [3.8, 4) is 0 Å². The third kappa shape index (κ3) is 64.6. The van der Waals surface area contributed by atoms with Crippen LogP contribution in [0, 0.1) is 11.8 Å². The lowest BCUT2D eigenvalue weighted by atomic mass is 10.0. The minimum atomic E-state index is -4.95. The van der Waals surface area contributed by atoms with Crippen molar-refractivity contribution >= 4 is 39.5 Å². The van der Waals surface area contributed by atoms with Crippen LogP contribution >= 0.6 is 15.6 Å². The van der Waals surface area contributed by atoms with Gasteiger partial charge in [-0.25, -0.2) is 9.13 Å². The molecule has 2 unspecified atom stereocenters. The Morgan fingerprint density at radius 3 is 0.764 bits per heavy atom. The predicted molar refractivity (Wildman–Crippen MR) is 358 cm³/mol. The Kier molecular flexibility index (Phi) is 60.8. The molecule has 19 heteroatoms. The zero-order chi connectivity index (χ0) is 65.7. The summed E-state index contributed by atoms with van der Waals surface area (Å²) in [7, 11) is -9.90. The molecule has 0 fully saturated rings. The van der Waals surface area contributed by atoms with E-state index < -0.39 is 97.5 Å². The second-order valence-electron chi connectivity index (χ2n) is 26.2. The maximum atomic E-state index is 13.0. The molecule has 89 heavy (non-hydrogen) atoms. The highest BCUT2D eigenvalue weighted by Crippen LogP contribution is 2.45. The molecule has 528 valence electrons. The molecule has 0 saturated carbocycles. The highest BCUT2D eigenvalue weighted by Gasteiger charge is 2.30. The second-order valence-corrected chi connectivity index (χ2v) is 29.1.